The number of halogens is 1. The highest BCUT2D eigenvalue weighted by atomic mass is 35.5. The van der Waals surface area contributed by atoms with Gasteiger partial charge in [-0.05, 0) is 31.7 Å². The van der Waals surface area contributed by atoms with Gasteiger partial charge in [0, 0.05) is 12.1 Å². The predicted octanol–water partition coefficient (Wildman–Crippen LogP) is 2.44. The maximum atomic E-state index is 11.9. The number of rotatable bonds is 6. The van der Waals surface area contributed by atoms with Crippen LogP contribution in [0.2, 0.25) is 5.02 Å². The second-order valence-corrected chi connectivity index (χ2v) is 5.70. The quantitative estimate of drug-likeness (QED) is 0.639. The molecule has 1 aliphatic carbocycles. The Labute approximate surface area is 132 Å². The minimum atomic E-state index is -0.889. The number of amides is 1. The Kier molecular flexibility index (Phi) is 4.52. The highest BCUT2D eigenvalue weighted by Crippen LogP contribution is 2.39. The SMILES string of the molecule is C[C@](C#N)(NC(=O)COc1ccc([N+](=O)[O-])cc1Cl)C1CC1. The van der Waals surface area contributed by atoms with Gasteiger partial charge in [0.15, 0.2) is 6.61 Å². The summed E-state index contributed by atoms with van der Waals surface area (Å²) in [4.78, 5) is 21.9. The van der Waals surface area contributed by atoms with E-state index >= 15 is 0 Å². The van der Waals surface area contributed by atoms with Crippen LogP contribution in [0.5, 0.6) is 5.75 Å². The Hall–Kier alpha value is -2.33. The van der Waals surface area contributed by atoms with Gasteiger partial charge in [0.2, 0.25) is 0 Å². The lowest BCUT2D eigenvalue weighted by Crippen LogP contribution is -2.48. The van der Waals surface area contributed by atoms with Crippen molar-refractivity contribution in [3.63, 3.8) is 0 Å². The molecule has 0 unspecified atom stereocenters. The van der Waals surface area contributed by atoms with Crippen molar-refractivity contribution in [1.82, 2.24) is 5.32 Å². The van der Waals surface area contributed by atoms with Crippen LogP contribution < -0.4 is 10.1 Å². The molecule has 1 saturated carbocycles. The van der Waals surface area contributed by atoms with Gasteiger partial charge in [-0.2, -0.15) is 5.26 Å². The number of carbonyl (C=O) groups is 1. The average Bonchev–Trinajstić information content (AvgIpc) is 3.30. The highest BCUT2D eigenvalue weighted by Gasteiger charge is 2.43. The maximum absolute atomic E-state index is 11.9. The second-order valence-electron chi connectivity index (χ2n) is 5.30. The van der Waals surface area contributed by atoms with Gasteiger partial charge in [-0.3, -0.25) is 14.9 Å². The molecule has 116 valence electrons. The summed E-state index contributed by atoms with van der Waals surface area (Å²) in [7, 11) is 0. The van der Waals surface area contributed by atoms with E-state index in [-0.39, 0.29) is 29.0 Å². The van der Waals surface area contributed by atoms with Crippen molar-refractivity contribution < 1.29 is 14.5 Å². The molecule has 0 radical (unpaired) electrons. The Morgan fingerprint density at radius 2 is 2.32 bits per heavy atom. The van der Waals surface area contributed by atoms with Gasteiger partial charge in [-0.1, -0.05) is 11.6 Å². The summed E-state index contributed by atoms with van der Waals surface area (Å²) in [6.45, 7) is 1.36. The van der Waals surface area contributed by atoms with E-state index in [9.17, 15) is 14.9 Å². The molecule has 1 aliphatic rings. The number of hydrogen-bond acceptors (Lipinski definition) is 5. The van der Waals surface area contributed by atoms with Crippen molar-refractivity contribution in [2.75, 3.05) is 6.61 Å². The summed E-state index contributed by atoms with van der Waals surface area (Å²) >= 11 is 5.86. The minimum Gasteiger partial charge on any atom is -0.482 e. The van der Waals surface area contributed by atoms with Crippen LogP contribution in [0.1, 0.15) is 19.8 Å². The fourth-order valence-corrected chi connectivity index (χ4v) is 2.30. The highest BCUT2D eigenvalue weighted by molar-refractivity contribution is 6.32. The van der Waals surface area contributed by atoms with Crippen LogP contribution in [0, 0.1) is 27.4 Å². The Bertz CT molecular complexity index is 654. The molecule has 7 nitrogen and oxygen atoms in total. The van der Waals surface area contributed by atoms with Crippen LogP contribution in [0.15, 0.2) is 18.2 Å². The lowest BCUT2D eigenvalue weighted by molar-refractivity contribution is -0.384. The molecule has 0 aromatic heterocycles. The summed E-state index contributed by atoms with van der Waals surface area (Å²) < 4.78 is 5.25. The average molecular weight is 324 g/mol. The molecule has 0 bridgehead atoms. The molecule has 1 fully saturated rings. The number of benzene rings is 1. The number of non-ortho nitro benzene ring substituents is 1. The van der Waals surface area contributed by atoms with Gasteiger partial charge in [-0.15, -0.1) is 0 Å². The normalized spacial score (nSPS) is 16.2. The molecule has 22 heavy (non-hydrogen) atoms. The van der Waals surface area contributed by atoms with Crippen LogP contribution in [-0.4, -0.2) is 23.0 Å². The molecule has 0 heterocycles. The standard InChI is InChI=1S/C14H14ClN3O4/c1-14(8-16,9-2-3-9)17-13(19)7-22-12-5-4-10(18(20)21)6-11(12)15/h4-6,9H,2-3,7H2,1H3,(H,17,19)/t14-/m1/s1. The number of nitriles is 1. The summed E-state index contributed by atoms with van der Waals surface area (Å²) in [5.74, 6) is -0.0951. The third-order valence-corrected chi connectivity index (χ3v) is 3.81. The van der Waals surface area contributed by atoms with Crippen LogP contribution in [0.3, 0.4) is 0 Å². The van der Waals surface area contributed by atoms with Gasteiger partial charge in [0.05, 0.1) is 16.0 Å². The zero-order valence-electron chi connectivity index (χ0n) is 11.8. The number of nitrogens with one attached hydrogen (secondary N) is 1. The van der Waals surface area contributed by atoms with Crippen molar-refractivity contribution in [3.05, 3.63) is 33.3 Å². The van der Waals surface area contributed by atoms with Crippen molar-refractivity contribution in [2.24, 2.45) is 5.92 Å². The van der Waals surface area contributed by atoms with E-state index in [1.165, 1.54) is 12.1 Å². The molecule has 2 rings (SSSR count). The Morgan fingerprint density at radius 1 is 1.64 bits per heavy atom. The molecule has 1 N–H and O–H groups in total. The Balaban J connectivity index is 1.94. The number of hydrogen-bond donors (Lipinski definition) is 1. The van der Waals surface area contributed by atoms with E-state index in [4.69, 9.17) is 21.6 Å². The van der Waals surface area contributed by atoms with E-state index in [1.807, 2.05) is 0 Å². The summed E-state index contributed by atoms with van der Waals surface area (Å²) in [6.07, 6.45) is 1.83. The zero-order chi connectivity index (χ0) is 16.3. The molecule has 1 aromatic carbocycles. The topological polar surface area (TPSA) is 105 Å². The molecular weight excluding hydrogens is 310 g/mol. The maximum Gasteiger partial charge on any atom is 0.271 e. The summed E-state index contributed by atoms with van der Waals surface area (Å²) in [6, 6.07) is 5.83. The minimum absolute atomic E-state index is 0.0484. The summed E-state index contributed by atoms with van der Waals surface area (Å²) in [5, 5.41) is 22.5. The van der Waals surface area contributed by atoms with Crippen LogP contribution in [0.4, 0.5) is 5.69 Å². The smallest absolute Gasteiger partial charge is 0.271 e. The van der Waals surface area contributed by atoms with Crippen molar-refractivity contribution >= 4 is 23.2 Å². The van der Waals surface area contributed by atoms with E-state index in [1.54, 1.807) is 6.92 Å². The van der Waals surface area contributed by atoms with Crippen LogP contribution in [-0.2, 0) is 4.79 Å². The van der Waals surface area contributed by atoms with E-state index in [0.717, 1.165) is 18.9 Å². The first kappa shape index (κ1) is 16.0. The van der Waals surface area contributed by atoms with E-state index in [0.29, 0.717) is 0 Å². The van der Waals surface area contributed by atoms with Gasteiger partial charge in [-0.25, -0.2) is 0 Å². The molecule has 1 atom stereocenters. The van der Waals surface area contributed by atoms with Crippen molar-refractivity contribution in [2.45, 2.75) is 25.3 Å². The second kappa shape index (κ2) is 6.20. The number of nitro benzene ring substituents is 1. The number of nitrogens with zero attached hydrogens (tertiary/aromatic N) is 2. The first-order valence-electron chi connectivity index (χ1n) is 6.65. The molecule has 1 aromatic rings. The van der Waals surface area contributed by atoms with Crippen molar-refractivity contribution in [1.29, 1.82) is 5.26 Å². The first-order valence-corrected chi connectivity index (χ1v) is 7.02. The van der Waals surface area contributed by atoms with E-state index in [2.05, 4.69) is 11.4 Å². The predicted molar refractivity (Wildman–Crippen MR) is 78.5 cm³/mol. The van der Waals surface area contributed by atoms with Gasteiger partial charge < -0.3 is 10.1 Å². The zero-order valence-corrected chi connectivity index (χ0v) is 12.6. The molecular formula is C14H14ClN3O4. The Morgan fingerprint density at radius 3 is 2.82 bits per heavy atom. The molecule has 0 aliphatic heterocycles. The number of carbonyl (C=O) groups excluding carboxylic acids is 1. The third-order valence-electron chi connectivity index (χ3n) is 3.51. The van der Waals surface area contributed by atoms with E-state index < -0.39 is 16.4 Å². The number of ether oxygens (including phenoxy) is 1. The monoisotopic (exact) mass is 323 g/mol. The lowest BCUT2D eigenvalue weighted by atomic mass is 9.98. The fraction of sp³-hybridized carbons (Fsp3) is 0.429. The fourth-order valence-electron chi connectivity index (χ4n) is 2.07. The van der Waals surface area contributed by atoms with Gasteiger partial charge in [0.25, 0.3) is 11.6 Å². The molecule has 0 saturated heterocycles. The first-order chi connectivity index (χ1) is 10.4. The molecule has 8 heteroatoms. The lowest BCUT2D eigenvalue weighted by Gasteiger charge is -2.22. The van der Waals surface area contributed by atoms with Gasteiger partial charge in [0.1, 0.15) is 11.3 Å². The number of nitro groups is 1. The van der Waals surface area contributed by atoms with Crippen molar-refractivity contribution in [3.8, 4) is 11.8 Å². The van der Waals surface area contributed by atoms with Crippen LogP contribution in [0.25, 0.3) is 0 Å². The van der Waals surface area contributed by atoms with Crippen LogP contribution >= 0.6 is 11.6 Å². The molecule has 0 spiro atoms. The third kappa shape index (κ3) is 3.65. The summed E-state index contributed by atoms with van der Waals surface area (Å²) in [5.41, 5.74) is -1.05. The largest absolute Gasteiger partial charge is 0.482 e. The molecule has 1 amide bonds. The van der Waals surface area contributed by atoms with Gasteiger partial charge >= 0.3 is 0 Å².